The van der Waals surface area contributed by atoms with Crippen molar-refractivity contribution in [3.05, 3.63) is 24.4 Å². The SMILES string of the molecule is C=CC(=O)Nc1cc(C(C)C)no1. The van der Waals surface area contributed by atoms with Crippen molar-refractivity contribution in [2.75, 3.05) is 5.32 Å². The number of carbonyl (C=O) groups is 1. The van der Waals surface area contributed by atoms with Crippen molar-refractivity contribution in [3.63, 3.8) is 0 Å². The van der Waals surface area contributed by atoms with Crippen LogP contribution in [0.25, 0.3) is 0 Å². The number of nitrogens with zero attached hydrogens (tertiary/aromatic N) is 1. The van der Waals surface area contributed by atoms with Crippen molar-refractivity contribution in [1.82, 2.24) is 5.16 Å². The normalized spacial score (nSPS) is 10.1. The van der Waals surface area contributed by atoms with E-state index in [2.05, 4.69) is 17.1 Å². The molecule has 1 amide bonds. The first-order chi connectivity index (χ1) is 6.13. The van der Waals surface area contributed by atoms with Crippen LogP contribution in [0, 0.1) is 0 Å². The van der Waals surface area contributed by atoms with Crippen molar-refractivity contribution < 1.29 is 9.32 Å². The van der Waals surface area contributed by atoms with Crippen molar-refractivity contribution in [1.29, 1.82) is 0 Å². The standard InChI is InChI=1S/C9H12N2O2/c1-4-8(12)10-9-5-7(6(2)3)11-13-9/h4-6H,1H2,2-3H3,(H,10,12). The van der Waals surface area contributed by atoms with Crippen molar-refractivity contribution in [2.24, 2.45) is 0 Å². The molecule has 4 heteroatoms. The Bertz CT molecular complexity index is 315. The highest BCUT2D eigenvalue weighted by Crippen LogP contribution is 2.17. The molecule has 0 spiro atoms. The van der Waals surface area contributed by atoms with Crippen LogP contribution in [0.1, 0.15) is 25.5 Å². The minimum Gasteiger partial charge on any atom is -0.338 e. The zero-order chi connectivity index (χ0) is 9.84. The predicted octanol–water partition coefficient (Wildman–Crippen LogP) is 1.92. The first-order valence-corrected chi connectivity index (χ1v) is 4.03. The van der Waals surface area contributed by atoms with Crippen LogP contribution in [0.3, 0.4) is 0 Å². The number of amides is 1. The van der Waals surface area contributed by atoms with E-state index < -0.39 is 0 Å². The van der Waals surface area contributed by atoms with Crippen molar-refractivity contribution in [2.45, 2.75) is 19.8 Å². The summed E-state index contributed by atoms with van der Waals surface area (Å²) in [5.74, 6) is 0.346. The minimum atomic E-state index is -0.300. The third kappa shape index (κ3) is 2.43. The Morgan fingerprint density at radius 1 is 1.77 bits per heavy atom. The topological polar surface area (TPSA) is 55.1 Å². The smallest absolute Gasteiger partial charge is 0.250 e. The molecular formula is C9H12N2O2. The van der Waals surface area contributed by atoms with Gasteiger partial charge >= 0.3 is 0 Å². The second-order valence-electron chi connectivity index (χ2n) is 2.96. The van der Waals surface area contributed by atoms with E-state index in [0.717, 1.165) is 5.69 Å². The number of hydrogen-bond donors (Lipinski definition) is 1. The summed E-state index contributed by atoms with van der Waals surface area (Å²) < 4.78 is 4.87. The van der Waals surface area contributed by atoms with Gasteiger partial charge in [-0.2, -0.15) is 0 Å². The molecule has 1 aromatic heterocycles. The molecule has 0 unspecified atom stereocenters. The molecule has 0 aliphatic carbocycles. The summed E-state index contributed by atoms with van der Waals surface area (Å²) in [6, 6.07) is 1.70. The van der Waals surface area contributed by atoms with E-state index in [9.17, 15) is 4.79 Å². The third-order valence-electron chi connectivity index (χ3n) is 1.55. The summed E-state index contributed by atoms with van der Waals surface area (Å²) in [7, 11) is 0. The van der Waals surface area contributed by atoms with Crippen LogP contribution in [-0.4, -0.2) is 11.1 Å². The van der Waals surface area contributed by atoms with E-state index in [4.69, 9.17) is 4.52 Å². The first-order valence-electron chi connectivity index (χ1n) is 4.03. The number of nitrogens with one attached hydrogen (secondary N) is 1. The average molecular weight is 180 g/mol. The fourth-order valence-electron chi connectivity index (χ4n) is 0.792. The van der Waals surface area contributed by atoms with Gasteiger partial charge in [0.25, 0.3) is 0 Å². The predicted molar refractivity (Wildman–Crippen MR) is 49.4 cm³/mol. The lowest BCUT2D eigenvalue weighted by Crippen LogP contribution is -2.05. The fraction of sp³-hybridized carbons (Fsp3) is 0.333. The van der Waals surface area contributed by atoms with Crippen LogP contribution in [0.15, 0.2) is 23.2 Å². The van der Waals surface area contributed by atoms with Crippen LogP contribution in [0.4, 0.5) is 5.88 Å². The molecule has 0 saturated heterocycles. The summed E-state index contributed by atoms with van der Waals surface area (Å²) in [4.78, 5) is 10.8. The lowest BCUT2D eigenvalue weighted by Gasteiger charge is -1.94. The highest BCUT2D eigenvalue weighted by Gasteiger charge is 2.08. The Morgan fingerprint density at radius 3 is 2.92 bits per heavy atom. The van der Waals surface area contributed by atoms with E-state index in [-0.39, 0.29) is 11.8 Å². The molecule has 1 heterocycles. The number of rotatable bonds is 3. The Balaban J connectivity index is 2.69. The monoisotopic (exact) mass is 180 g/mol. The lowest BCUT2D eigenvalue weighted by atomic mass is 10.1. The Morgan fingerprint density at radius 2 is 2.46 bits per heavy atom. The summed E-state index contributed by atoms with van der Waals surface area (Å²) >= 11 is 0. The maximum Gasteiger partial charge on any atom is 0.250 e. The van der Waals surface area contributed by atoms with E-state index in [1.165, 1.54) is 6.08 Å². The summed E-state index contributed by atoms with van der Waals surface area (Å²) in [5, 5.41) is 6.26. The molecule has 0 fully saturated rings. The second kappa shape index (κ2) is 3.89. The molecule has 1 rings (SSSR count). The van der Waals surface area contributed by atoms with Crippen LogP contribution >= 0.6 is 0 Å². The lowest BCUT2D eigenvalue weighted by molar-refractivity contribution is -0.112. The van der Waals surface area contributed by atoms with E-state index in [0.29, 0.717) is 5.88 Å². The van der Waals surface area contributed by atoms with Crippen LogP contribution in [0.5, 0.6) is 0 Å². The fourth-order valence-corrected chi connectivity index (χ4v) is 0.792. The van der Waals surface area contributed by atoms with Gasteiger partial charge in [0.05, 0.1) is 5.69 Å². The quantitative estimate of drug-likeness (QED) is 0.723. The van der Waals surface area contributed by atoms with Gasteiger partial charge in [-0.3, -0.25) is 10.1 Å². The molecule has 1 aromatic rings. The van der Waals surface area contributed by atoms with Gasteiger partial charge in [-0.25, -0.2) is 0 Å². The molecule has 0 aliphatic rings. The molecule has 0 saturated carbocycles. The molecule has 0 aromatic carbocycles. The number of carbonyl (C=O) groups excluding carboxylic acids is 1. The Kier molecular flexibility index (Phi) is 2.84. The van der Waals surface area contributed by atoms with Crippen LogP contribution in [0.2, 0.25) is 0 Å². The summed E-state index contributed by atoms with van der Waals surface area (Å²) in [6.07, 6.45) is 1.18. The van der Waals surface area contributed by atoms with E-state index in [1.807, 2.05) is 13.8 Å². The number of aromatic nitrogens is 1. The minimum absolute atomic E-state index is 0.290. The molecule has 1 N–H and O–H groups in total. The highest BCUT2D eigenvalue weighted by molar-refractivity contribution is 5.97. The Labute approximate surface area is 76.6 Å². The average Bonchev–Trinajstić information content (AvgIpc) is 2.52. The molecule has 0 bridgehead atoms. The third-order valence-corrected chi connectivity index (χ3v) is 1.55. The van der Waals surface area contributed by atoms with Gasteiger partial charge in [0, 0.05) is 6.07 Å². The van der Waals surface area contributed by atoms with Crippen LogP contribution < -0.4 is 5.32 Å². The maximum absolute atomic E-state index is 10.8. The zero-order valence-electron chi connectivity index (χ0n) is 7.70. The maximum atomic E-state index is 10.8. The molecule has 0 atom stereocenters. The summed E-state index contributed by atoms with van der Waals surface area (Å²) in [6.45, 7) is 7.32. The molecular weight excluding hydrogens is 168 g/mol. The van der Waals surface area contributed by atoms with Crippen molar-refractivity contribution in [3.8, 4) is 0 Å². The number of anilines is 1. The van der Waals surface area contributed by atoms with Gasteiger partial charge in [0.1, 0.15) is 0 Å². The second-order valence-corrected chi connectivity index (χ2v) is 2.96. The molecule has 0 aliphatic heterocycles. The van der Waals surface area contributed by atoms with Gasteiger partial charge in [0.15, 0.2) is 0 Å². The Hall–Kier alpha value is -1.58. The van der Waals surface area contributed by atoms with E-state index in [1.54, 1.807) is 6.07 Å². The van der Waals surface area contributed by atoms with Gasteiger partial charge in [-0.15, -0.1) is 0 Å². The van der Waals surface area contributed by atoms with Crippen molar-refractivity contribution >= 4 is 11.8 Å². The largest absolute Gasteiger partial charge is 0.338 e. The van der Waals surface area contributed by atoms with Gasteiger partial charge in [-0.1, -0.05) is 25.6 Å². The molecule has 13 heavy (non-hydrogen) atoms. The van der Waals surface area contributed by atoms with Gasteiger partial charge in [0.2, 0.25) is 11.8 Å². The van der Waals surface area contributed by atoms with Crippen LogP contribution in [-0.2, 0) is 4.79 Å². The first kappa shape index (κ1) is 9.51. The highest BCUT2D eigenvalue weighted by atomic mass is 16.5. The molecule has 0 radical (unpaired) electrons. The van der Waals surface area contributed by atoms with Gasteiger partial charge < -0.3 is 4.52 Å². The molecule has 70 valence electrons. The molecule has 4 nitrogen and oxygen atoms in total. The van der Waals surface area contributed by atoms with E-state index >= 15 is 0 Å². The zero-order valence-corrected chi connectivity index (χ0v) is 7.70. The van der Waals surface area contributed by atoms with Gasteiger partial charge in [-0.05, 0) is 12.0 Å². The number of hydrogen-bond acceptors (Lipinski definition) is 3. The summed E-state index contributed by atoms with van der Waals surface area (Å²) in [5.41, 5.74) is 0.819.